The minimum Gasteiger partial charge on any atom is -0.370 e. The first-order valence-electron chi connectivity index (χ1n) is 9.33. The summed E-state index contributed by atoms with van der Waals surface area (Å²) in [6.45, 7) is 9.86. The smallest absolute Gasteiger partial charge is 0.253 e. The molecule has 1 fully saturated rings. The number of hydrogen-bond acceptors (Lipinski definition) is 5. The normalized spacial score (nSPS) is 14.4. The fourth-order valence-corrected chi connectivity index (χ4v) is 3.19. The van der Waals surface area contributed by atoms with Crippen LogP contribution >= 0.6 is 0 Å². The summed E-state index contributed by atoms with van der Waals surface area (Å²) >= 11 is 0. The number of carbonyl (C=O) groups excluding carboxylic acids is 1. The van der Waals surface area contributed by atoms with Gasteiger partial charge in [-0.15, -0.1) is 0 Å². The summed E-state index contributed by atoms with van der Waals surface area (Å²) in [6.07, 6.45) is 0.986. The highest BCUT2D eigenvalue weighted by Gasteiger charge is 2.23. The molecule has 1 amide bonds. The zero-order valence-corrected chi connectivity index (χ0v) is 15.8. The highest BCUT2D eigenvalue weighted by molar-refractivity contribution is 5.94. The van der Waals surface area contributed by atoms with Gasteiger partial charge < -0.3 is 15.1 Å². The Balaban J connectivity index is 1.64. The minimum atomic E-state index is 0.111. The van der Waals surface area contributed by atoms with Gasteiger partial charge in [0, 0.05) is 44.4 Å². The second-order valence-corrected chi connectivity index (χ2v) is 6.52. The monoisotopic (exact) mass is 353 g/mol. The largest absolute Gasteiger partial charge is 0.370 e. The lowest BCUT2D eigenvalue weighted by atomic mass is 10.1. The number of aromatic nitrogens is 2. The molecule has 0 aliphatic carbocycles. The molecule has 0 unspecified atom stereocenters. The molecule has 0 spiro atoms. The van der Waals surface area contributed by atoms with Gasteiger partial charge in [0.25, 0.3) is 5.91 Å². The molecule has 26 heavy (non-hydrogen) atoms. The van der Waals surface area contributed by atoms with Gasteiger partial charge in [0.15, 0.2) is 0 Å². The maximum absolute atomic E-state index is 12.7. The summed E-state index contributed by atoms with van der Waals surface area (Å²) in [5, 5.41) is 3.24. The molecule has 1 aliphatic heterocycles. The predicted octanol–water partition coefficient (Wildman–Crippen LogP) is 2.74. The number of anilines is 2. The van der Waals surface area contributed by atoms with E-state index in [0.717, 1.165) is 49.1 Å². The molecule has 0 atom stereocenters. The fourth-order valence-electron chi connectivity index (χ4n) is 3.19. The number of nitrogens with zero attached hydrogens (tertiary/aromatic N) is 4. The lowest BCUT2D eigenvalue weighted by Gasteiger charge is -2.35. The second-order valence-electron chi connectivity index (χ2n) is 6.52. The van der Waals surface area contributed by atoms with E-state index in [1.54, 1.807) is 0 Å². The van der Waals surface area contributed by atoms with Gasteiger partial charge in [-0.2, -0.15) is 0 Å². The molecule has 6 heteroatoms. The first-order valence-corrected chi connectivity index (χ1v) is 9.33. The van der Waals surface area contributed by atoms with Crippen LogP contribution in [0.5, 0.6) is 0 Å². The Hall–Kier alpha value is -2.63. The first-order chi connectivity index (χ1) is 12.6. The Bertz CT molecular complexity index is 751. The van der Waals surface area contributed by atoms with Crippen LogP contribution in [0, 0.1) is 6.92 Å². The summed E-state index contributed by atoms with van der Waals surface area (Å²) in [7, 11) is 0. The summed E-state index contributed by atoms with van der Waals surface area (Å²) in [4.78, 5) is 25.8. The zero-order chi connectivity index (χ0) is 18.5. The van der Waals surface area contributed by atoms with Gasteiger partial charge in [0.1, 0.15) is 17.5 Å². The number of benzene rings is 1. The van der Waals surface area contributed by atoms with Crippen molar-refractivity contribution in [1.29, 1.82) is 0 Å². The van der Waals surface area contributed by atoms with Crippen molar-refractivity contribution in [2.24, 2.45) is 0 Å². The third-order valence-electron chi connectivity index (χ3n) is 4.68. The Kier molecular flexibility index (Phi) is 5.71. The number of piperazine rings is 1. The van der Waals surface area contributed by atoms with Crippen LogP contribution in [0.3, 0.4) is 0 Å². The van der Waals surface area contributed by atoms with E-state index in [0.29, 0.717) is 13.1 Å². The predicted molar refractivity (Wildman–Crippen MR) is 105 cm³/mol. The average molecular weight is 353 g/mol. The van der Waals surface area contributed by atoms with Gasteiger partial charge in [-0.3, -0.25) is 4.79 Å². The van der Waals surface area contributed by atoms with Crippen LogP contribution in [0.2, 0.25) is 0 Å². The number of aryl methyl sites for hydroxylation is 2. The lowest BCUT2D eigenvalue weighted by Crippen LogP contribution is -2.49. The molecule has 6 nitrogen and oxygen atoms in total. The van der Waals surface area contributed by atoms with E-state index in [2.05, 4.69) is 34.0 Å². The van der Waals surface area contributed by atoms with Crippen molar-refractivity contribution in [1.82, 2.24) is 14.9 Å². The summed E-state index contributed by atoms with van der Waals surface area (Å²) < 4.78 is 0. The Morgan fingerprint density at radius 2 is 1.77 bits per heavy atom. The van der Waals surface area contributed by atoms with Crippen molar-refractivity contribution in [2.45, 2.75) is 27.2 Å². The summed E-state index contributed by atoms with van der Waals surface area (Å²) in [5.41, 5.74) is 2.02. The van der Waals surface area contributed by atoms with Crippen LogP contribution in [0.4, 0.5) is 11.6 Å². The van der Waals surface area contributed by atoms with Crippen molar-refractivity contribution in [3.63, 3.8) is 0 Å². The molecule has 3 rings (SSSR count). The van der Waals surface area contributed by atoms with Gasteiger partial charge in [0.05, 0.1) is 0 Å². The first kappa shape index (κ1) is 18.2. The van der Waals surface area contributed by atoms with Crippen LogP contribution in [-0.4, -0.2) is 53.5 Å². The molecule has 1 saturated heterocycles. The van der Waals surface area contributed by atoms with Crippen molar-refractivity contribution in [2.75, 3.05) is 42.9 Å². The maximum atomic E-state index is 12.7. The second kappa shape index (κ2) is 8.17. The molecular weight excluding hydrogens is 326 g/mol. The van der Waals surface area contributed by atoms with Crippen LogP contribution in [0.1, 0.15) is 35.6 Å². The van der Waals surface area contributed by atoms with Gasteiger partial charge >= 0.3 is 0 Å². The average Bonchev–Trinajstić information content (AvgIpc) is 2.67. The van der Waals surface area contributed by atoms with Crippen LogP contribution < -0.4 is 10.2 Å². The highest BCUT2D eigenvalue weighted by atomic mass is 16.2. The summed E-state index contributed by atoms with van der Waals surface area (Å²) in [5.74, 6) is 2.64. The third-order valence-corrected chi connectivity index (χ3v) is 4.68. The van der Waals surface area contributed by atoms with E-state index in [-0.39, 0.29) is 5.91 Å². The molecule has 2 heterocycles. The maximum Gasteiger partial charge on any atom is 0.253 e. The Morgan fingerprint density at radius 3 is 2.38 bits per heavy atom. The molecule has 2 aromatic rings. The number of nitrogens with one attached hydrogen (secondary N) is 1. The van der Waals surface area contributed by atoms with E-state index < -0.39 is 0 Å². The van der Waals surface area contributed by atoms with Crippen LogP contribution in [0.25, 0.3) is 0 Å². The molecule has 1 aliphatic rings. The van der Waals surface area contributed by atoms with Gasteiger partial charge in [0.2, 0.25) is 0 Å². The zero-order valence-electron chi connectivity index (χ0n) is 15.8. The fraction of sp³-hybridized carbons (Fsp3) is 0.450. The van der Waals surface area contributed by atoms with Crippen molar-refractivity contribution in [3.8, 4) is 0 Å². The third kappa shape index (κ3) is 4.12. The number of rotatable bonds is 5. The molecule has 1 aromatic heterocycles. The topological polar surface area (TPSA) is 61.4 Å². The SMILES string of the molecule is CCNc1cc(N2CCN(C(=O)c3ccc(CC)cc3)CC2)nc(C)n1. The minimum absolute atomic E-state index is 0.111. The number of carbonyl (C=O) groups is 1. The van der Waals surface area contributed by atoms with E-state index in [9.17, 15) is 4.79 Å². The standard InChI is InChI=1S/C20H27N5O/c1-4-16-6-8-17(9-7-16)20(26)25-12-10-24(11-13-25)19-14-18(21-5-2)22-15(3)23-19/h6-9,14H,4-5,10-13H2,1-3H3,(H,21,22,23). The number of hydrogen-bond donors (Lipinski definition) is 1. The van der Waals surface area contributed by atoms with Crippen LogP contribution in [0.15, 0.2) is 30.3 Å². The molecule has 1 aromatic carbocycles. The summed E-state index contributed by atoms with van der Waals surface area (Å²) in [6, 6.07) is 9.93. The van der Waals surface area contributed by atoms with Gasteiger partial charge in [-0.1, -0.05) is 19.1 Å². The molecule has 0 bridgehead atoms. The Labute approximate surface area is 155 Å². The highest BCUT2D eigenvalue weighted by Crippen LogP contribution is 2.19. The van der Waals surface area contributed by atoms with E-state index in [1.807, 2.05) is 42.2 Å². The van der Waals surface area contributed by atoms with E-state index in [1.165, 1.54) is 5.56 Å². The molecule has 0 saturated carbocycles. The van der Waals surface area contributed by atoms with Crippen molar-refractivity contribution in [3.05, 3.63) is 47.3 Å². The molecule has 1 N–H and O–H groups in total. The molecule has 0 radical (unpaired) electrons. The van der Waals surface area contributed by atoms with Gasteiger partial charge in [-0.05, 0) is 38.0 Å². The van der Waals surface area contributed by atoms with Crippen molar-refractivity contribution >= 4 is 17.5 Å². The van der Waals surface area contributed by atoms with Crippen molar-refractivity contribution < 1.29 is 4.79 Å². The Morgan fingerprint density at radius 1 is 1.08 bits per heavy atom. The van der Waals surface area contributed by atoms with Crippen LogP contribution in [-0.2, 0) is 6.42 Å². The van der Waals surface area contributed by atoms with E-state index in [4.69, 9.17) is 0 Å². The quantitative estimate of drug-likeness (QED) is 0.896. The number of amides is 1. The van der Waals surface area contributed by atoms with E-state index >= 15 is 0 Å². The lowest BCUT2D eigenvalue weighted by molar-refractivity contribution is 0.0746. The van der Waals surface area contributed by atoms with Gasteiger partial charge in [-0.25, -0.2) is 9.97 Å². The molecular formula is C20H27N5O. The molecule has 138 valence electrons.